The predicted molar refractivity (Wildman–Crippen MR) is 119 cm³/mol. The number of hydrogen-bond acceptors (Lipinski definition) is 6. The largest absolute Gasteiger partial charge is 0.493 e. The lowest BCUT2D eigenvalue weighted by atomic mass is 10.2. The Labute approximate surface area is 190 Å². The number of halogens is 2. The number of amides is 1. The van der Waals surface area contributed by atoms with Crippen molar-refractivity contribution in [1.29, 1.82) is 0 Å². The van der Waals surface area contributed by atoms with Crippen LogP contribution in [0.3, 0.4) is 0 Å². The molecule has 2 aromatic carbocycles. The molecule has 2 N–H and O–H groups in total. The zero-order chi connectivity index (χ0) is 22.1. The first-order valence-corrected chi connectivity index (χ1v) is 10.4. The lowest BCUT2D eigenvalue weighted by Crippen LogP contribution is -2.18. The van der Waals surface area contributed by atoms with Gasteiger partial charge in [0.15, 0.2) is 18.1 Å². The van der Waals surface area contributed by atoms with Crippen LogP contribution in [0.25, 0.3) is 0 Å². The molecule has 2 rings (SSSR count). The average molecular weight is 544 g/mol. The van der Waals surface area contributed by atoms with Crippen molar-refractivity contribution in [1.82, 2.24) is 5.43 Å². The molecule has 0 heterocycles. The number of carboxylic acid groups (broad SMARTS) is 1. The van der Waals surface area contributed by atoms with Crippen LogP contribution in [0.15, 0.2) is 44.4 Å². The number of carbonyl (C=O) groups excluding carboxylic acids is 1. The number of carbonyl (C=O) groups is 2. The smallest absolute Gasteiger partial charge is 0.341 e. The Balaban J connectivity index is 2.15. The topological polar surface area (TPSA) is 106 Å². The van der Waals surface area contributed by atoms with E-state index >= 15 is 0 Å². The van der Waals surface area contributed by atoms with Crippen LogP contribution in [0.5, 0.6) is 17.2 Å². The summed E-state index contributed by atoms with van der Waals surface area (Å²) in [7, 11) is 1.50. The van der Waals surface area contributed by atoms with Gasteiger partial charge in [0.25, 0.3) is 5.91 Å². The molecule has 0 saturated carbocycles. The van der Waals surface area contributed by atoms with E-state index in [0.29, 0.717) is 33.7 Å². The van der Waals surface area contributed by atoms with Crippen molar-refractivity contribution < 1.29 is 28.9 Å². The van der Waals surface area contributed by atoms with Crippen molar-refractivity contribution >= 4 is 50.0 Å². The first kappa shape index (κ1) is 23.7. The fraction of sp³-hybridized carbons (Fsp3) is 0.250. The highest BCUT2D eigenvalue weighted by Crippen LogP contribution is 2.32. The van der Waals surface area contributed by atoms with Crippen LogP contribution in [0.4, 0.5) is 0 Å². The quantitative estimate of drug-likeness (QED) is 0.343. The molecule has 0 aromatic heterocycles. The van der Waals surface area contributed by atoms with Gasteiger partial charge in [-0.05, 0) is 52.7 Å². The molecule has 8 nitrogen and oxygen atoms in total. The predicted octanol–water partition coefficient (Wildman–Crippen LogP) is 4.24. The van der Waals surface area contributed by atoms with E-state index in [1.54, 1.807) is 30.3 Å². The van der Waals surface area contributed by atoms with Crippen molar-refractivity contribution in [3.63, 3.8) is 0 Å². The van der Waals surface area contributed by atoms with Crippen LogP contribution >= 0.6 is 31.9 Å². The third kappa shape index (κ3) is 6.74. The second-order valence-electron chi connectivity index (χ2n) is 5.90. The molecule has 0 aliphatic carbocycles. The number of nitrogens with one attached hydrogen (secondary N) is 1. The Kier molecular flexibility index (Phi) is 9.13. The minimum atomic E-state index is -1.11. The summed E-state index contributed by atoms with van der Waals surface area (Å²) in [6.45, 7) is 2.02. The van der Waals surface area contributed by atoms with Crippen LogP contribution in [-0.4, -0.2) is 43.5 Å². The lowest BCUT2D eigenvalue weighted by molar-refractivity contribution is -0.139. The van der Waals surface area contributed by atoms with Gasteiger partial charge in [0, 0.05) is 15.6 Å². The number of hydrazone groups is 1. The second kappa shape index (κ2) is 11.6. The van der Waals surface area contributed by atoms with Crippen molar-refractivity contribution in [2.75, 3.05) is 20.3 Å². The standard InChI is InChI=1S/C20H20Br2N2O6/c1-3-6-29-16-5-4-12(8-17(16)28-2)20(27)24-23-10-13-7-14(21)9-15(22)19(13)30-11-18(25)26/h4-5,7-10H,3,6,11H2,1-2H3,(H,24,27)(H,25,26)/b23-10+. The first-order valence-electron chi connectivity index (χ1n) is 8.83. The third-order valence-corrected chi connectivity index (χ3v) is 4.68. The summed E-state index contributed by atoms with van der Waals surface area (Å²) in [5, 5.41) is 12.8. The molecule has 10 heteroatoms. The molecular weight excluding hydrogens is 524 g/mol. The van der Waals surface area contributed by atoms with Gasteiger partial charge >= 0.3 is 5.97 Å². The van der Waals surface area contributed by atoms with Crippen LogP contribution in [-0.2, 0) is 4.79 Å². The second-order valence-corrected chi connectivity index (χ2v) is 7.67. The van der Waals surface area contributed by atoms with E-state index in [9.17, 15) is 9.59 Å². The minimum absolute atomic E-state index is 0.290. The first-order chi connectivity index (χ1) is 14.3. The summed E-state index contributed by atoms with van der Waals surface area (Å²) in [5.74, 6) is -0.272. The van der Waals surface area contributed by atoms with Gasteiger partial charge in [-0.25, -0.2) is 10.2 Å². The van der Waals surface area contributed by atoms with Gasteiger partial charge in [0.2, 0.25) is 0 Å². The molecule has 2 aromatic rings. The van der Waals surface area contributed by atoms with E-state index in [1.165, 1.54) is 13.3 Å². The normalized spacial score (nSPS) is 10.7. The van der Waals surface area contributed by atoms with Gasteiger partial charge in [-0.1, -0.05) is 22.9 Å². The number of benzene rings is 2. The number of methoxy groups -OCH3 is 1. The molecule has 0 atom stereocenters. The zero-order valence-electron chi connectivity index (χ0n) is 16.3. The van der Waals surface area contributed by atoms with Gasteiger partial charge in [-0.3, -0.25) is 4.79 Å². The van der Waals surface area contributed by atoms with E-state index in [0.717, 1.165) is 10.9 Å². The van der Waals surface area contributed by atoms with Crippen LogP contribution in [0.2, 0.25) is 0 Å². The summed E-state index contributed by atoms with van der Waals surface area (Å²) in [6.07, 6.45) is 2.21. The molecule has 0 bridgehead atoms. The molecule has 0 radical (unpaired) electrons. The molecule has 0 aliphatic heterocycles. The molecular formula is C20H20Br2N2O6. The van der Waals surface area contributed by atoms with Gasteiger partial charge in [0.1, 0.15) is 5.75 Å². The molecule has 30 heavy (non-hydrogen) atoms. The summed E-state index contributed by atoms with van der Waals surface area (Å²) < 4.78 is 17.4. The number of nitrogens with zero attached hydrogens (tertiary/aromatic N) is 1. The summed E-state index contributed by atoms with van der Waals surface area (Å²) in [4.78, 5) is 23.2. The summed E-state index contributed by atoms with van der Waals surface area (Å²) in [5.41, 5.74) is 3.23. The third-order valence-electron chi connectivity index (χ3n) is 3.63. The zero-order valence-corrected chi connectivity index (χ0v) is 19.4. The number of ether oxygens (including phenoxy) is 3. The maximum absolute atomic E-state index is 12.4. The van der Waals surface area contributed by atoms with E-state index in [4.69, 9.17) is 19.3 Å². The van der Waals surface area contributed by atoms with Gasteiger partial charge < -0.3 is 19.3 Å². The Morgan fingerprint density at radius 2 is 1.93 bits per heavy atom. The Morgan fingerprint density at radius 1 is 1.17 bits per heavy atom. The molecule has 0 fully saturated rings. The van der Waals surface area contributed by atoms with Crippen LogP contribution < -0.4 is 19.6 Å². The molecule has 0 unspecified atom stereocenters. The minimum Gasteiger partial charge on any atom is -0.493 e. The van der Waals surface area contributed by atoms with E-state index in [-0.39, 0.29) is 5.75 Å². The SMILES string of the molecule is CCCOc1ccc(C(=O)N/N=C/c2cc(Br)cc(Br)c2OCC(=O)O)cc1OC. The fourth-order valence-corrected chi connectivity index (χ4v) is 3.70. The molecule has 160 valence electrons. The van der Waals surface area contributed by atoms with Gasteiger partial charge in [-0.2, -0.15) is 5.10 Å². The van der Waals surface area contributed by atoms with Gasteiger partial charge in [0.05, 0.1) is 24.4 Å². The highest BCUT2D eigenvalue weighted by Gasteiger charge is 2.13. The molecule has 0 spiro atoms. The number of rotatable bonds is 10. The number of aliphatic carboxylic acids is 1. The van der Waals surface area contributed by atoms with E-state index in [1.807, 2.05) is 6.92 Å². The Morgan fingerprint density at radius 3 is 2.60 bits per heavy atom. The Hall–Kier alpha value is -2.59. The van der Waals surface area contributed by atoms with Crippen LogP contribution in [0, 0.1) is 0 Å². The van der Waals surface area contributed by atoms with Crippen molar-refractivity contribution in [2.45, 2.75) is 13.3 Å². The lowest BCUT2D eigenvalue weighted by Gasteiger charge is -2.11. The summed E-state index contributed by atoms with van der Waals surface area (Å²) >= 11 is 6.67. The van der Waals surface area contributed by atoms with Crippen molar-refractivity contribution in [3.8, 4) is 17.2 Å². The van der Waals surface area contributed by atoms with Gasteiger partial charge in [-0.15, -0.1) is 0 Å². The van der Waals surface area contributed by atoms with Crippen LogP contribution in [0.1, 0.15) is 29.3 Å². The van der Waals surface area contributed by atoms with Crippen molar-refractivity contribution in [2.24, 2.45) is 5.10 Å². The van der Waals surface area contributed by atoms with E-state index < -0.39 is 18.5 Å². The van der Waals surface area contributed by atoms with Crippen molar-refractivity contribution in [3.05, 3.63) is 50.4 Å². The number of hydrogen-bond donors (Lipinski definition) is 2. The highest BCUT2D eigenvalue weighted by molar-refractivity contribution is 9.11. The molecule has 0 saturated heterocycles. The highest BCUT2D eigenvalue weighted by atomic mass is 79.9. The monoisotopic (exact) mass is 542 g/mol. The molecule has 1 amide bonds. The Bertz CT molecular complexity index is 949. The van der Waals surface area contributed by atoms with E-state index in [2.05, 4.69) is 42.4 Å². The number of carboxylic acids is 1. The maximum Gasteiger partial charge on any atom is 0.341 e. The average Bonchev–Trinajstić information content (AvgIpc) is 2.71. The maximum atomic E-state index is 12.4. The summed E-state index contributed by atoms with van der Waals surface area (Å²) in [6, 6.07) is 8.22. The fourth-order valence-electron chi connectivity index (χ4n) is 2.33. The molecule has 0 aliphatic rings.